The summed E-state index contributed by atoms with van der Waals surface area (Å²) < 4.78 is 4.90. The van der Waals surface area contributed by atoms with Crippen LogP contribution in [-0.2, 0) is 10.8 Å². The Morgan fingerprint density at radius 1 is 0.462 bits per heavy atom. The molecule has 0 amide bonds. The first-order valence-corrected chi connectivity index (χ1v) is 18.8. The number of nitrogens with zero attached hydrogens (tertiary/aromatic N) is 3. The Balaban J connectivity index is 1.16. The van der Waals surface area contributed by atoms with Gasteiger partial charge in [0.05, 0.1) is 0 Å². The van der Waals surface area contributed by atoms with Crippen molar-refractivity contribution in [3.05, 3.63) is 163 Å². The molecule has 4 heteroatoms. The van der Waals surface area contributed by atoms with Crippen molar-refractivity contribution in [1.29, 1.82) is 0 Å². The van der Waals surface area contributed by atoms with E-state index in [1.54, 1.807) is 0 Å². The highest BCUT2D eigenvalue weighted by molar-refractivity contribution is 7.09. The van der Waals surface area contributed by atoms with Gasteiger partial charge in [0.15, 0.2) is 5.82 Å². The first-order valence-electron chi connectivity index (χ1n) is 18.0. The van der Waals surface area contributed by atoms with Gasteiger partial charge in [0, 0.05) is 28.2 Å². The van der Waals surface area contributed by atoms with Crippen molar-refractivity contribution < 1.29 is 0 Å². The minimum Gasteiger partial charge on any atom is -0.310 e. The van der Waals surface area contributed by atoms with Gasteiger partial charge in [0.25, 0.3) is 0 Å². The molecule has 3 nitrogen and oxygen atoms in total. The second-order valence-electron chi connectivity index (χ2n) is 15.7. The summed E-state index contributed by atoms with van der Waals surface area (Å²) in [6.45, 7) is 13.6. The Morgan fingerprint density at radius 3 is 1.62 bits per heavy atom. The molecule has 0 fully saturated rings. The lowest BCUT2D eigenvalue weighted by Gasteiger charge is -2.28. The lowest BCUT2D eigenvalue weighted by molar-refractivity contribution is 0.590. The van der Waals surface area contributed by atoms with Crippen molar-refractivity contribution in [1.82, 2.24) is 9.36 Å². The van der Waals surface area contributed by atoms with Gasteiger partial charge < -0.3 is 4.90 Å². The summed E-state index contributed by atoms with van der Waals surface area (Å²) in [5, 5.41) is 5.57. The molecule has 8 aromatic rings. The monoisotopic (exact) mass is 693 g/mol. The predicted molar refractivity (Wildman–Crippen MR) is 223 cm³/mol. The third-order valence-corrected chi connectivity index (χ3v) is 10.7. The highest BCUT2D eigenvalue weighted by Crippen LogP contribution is 2.40. The third-order valence-electron chi connectivity index (χ3n) is 9.99. The van der Waals surface area contributed by atoms with Crippen LogP contribution >= 0.6 is 11.5 Å². The number of benzene rings is 7. The summed E-state index contributed by atoms with van der Waals surface area (Å²) in [6.07, 6.45) is 0. The first kappa shape index (κ1) is 33.6. The van der Waals surface area contributed by atoms with E-state index in [1.807, 2.05) is 0 Å². The van der Waals surface area contributed by atoms with Crippen molar-refractivity contribution in [3.8, 4) is 33.1 Å². The second kappa shape index (κ2) is 13.2. The van der Waals surface area contributed by atoms with Crippen LogP contribution in [-0.4, -0.2) is 9.36 Å². The van der Waals surface area contributed by atoms with Gasteiger partial charge in [-0.25, -0.2) is 4.98 Å². The molecule has 0 atom stereocenters. The molecule has 52 heavy (non-hydrogen) atoms. The Labute approximate surface area is 311 Å². The van der Waals surface area contributed by atoms with Crippen LogP contribution in [0.5, 0.6) is 0 Å². The van der Waals surface area contributed by atoms with E-state index in [2.05, 4.69) is 198 Å². The average molecular weight is 694 g/mol. The summed E-state index contributed by atoms with van der Waals surface area (Å²) in [4.78, 5) is 7.50. The molecule has 0 aliphatic heterocycles. The van der Waals surface area contributed by atoms with Crippen LogP contribution in [0.1, 0.15) is 52.7 Å². The van der Waals surface area contributed by atoms with E-state index >= 15 is 0 Å². The molecule has 256 valence electrons. The predicted octanol–water partition coefficient (Wildman–Crippen LogP) is 13.9. The summed E-state index contributed by atoms with van der Waals surface area (Å²) >= 11 is 1.46. The van der Waals surface area contributed by atoms with Crippen LogP contribution in [0.25, 0.3) is 54.6 Å². The second-order valence-corrected chi connectivity index (χ2v) is 16.4. The normalized spacial score (nSPS) is 12.0. The molecule has 7 aromatic carbocycles. The standard InChI is InChI=1S/C48H43N3S/c1-47(2,3)36-19-23-38(24-20-36)51(39-25-21-37(22-26-39)48(4,5)6)40-27-29-42-35(31-40)15-11-17-44(42)46-49-45(50-52-46)43-16-10-14-34-30-33(18-28-41(34)43)32-12-8-7-9-13-32/h7-31H,1-6H3. The van der Waals surface area contributed by atoms with Crippen molar-refractivity contribution in [3.63, 3.8) is 0 Å². The fraction of sp³-hybridized carbons (Fsp3) is 0.167. The molecule has 0 saturated heterocycles. The van der Waals surface area contributed by atoms with Crippen molar-refractivity contribution >= 4 is 50.1 Å². The van der Waals surface area contributed by atoms with Gasteiger partial charge in [-0.3, -0.25) is 0 Å². The Kier molecular flexibility index (Phi) is 8.51. The Hall–Kier alpha value is -5.58. The lowest BCUT2D eigenvalue weighted by Crippen LogP contribution is -2.14. The van der Waals surface area contributed by atoms with Crippen LogP contribution < -0.4 is 4.90 Å². The molecule has 0 radical (unpaired) electrons. The minimum absolute atomic E-state index is 0.0845. The van der Waals surface area contributed by atoms with E-state index in [-0.39, 0.29) is 10.8 Å². The fourth-order valence-corrected chi connectivity index (χ4v) is 7.71. The van der Waals surface area contributed by atoms with Gasteiger partial charge in [-0.1, -0.05) is 151 Å². The van der Waals surface area contributed by atoms with Gasteiger partial charge in [-0.05, 0) is 109 Å². The van der Waals surface area contributed by atoms with E-state index in [4.69, 9.17) is 9.36 Å². The van der Waals surface area contributed by atoms with Crippen LogP contribution in [0.15, 0.2) is 152 Å². The number of anilines is 3. The fourth-order valence-electron chi connectivity index (χ4n) is 7.00. The van der Waals surface area contributed by atoms with Crippen LogP contribution in [0, 0.1) is 0 Å². The molecule has 0 spiro atoms. The molecular weight excluding hydrogens is 651 g/mol. The summed E-state index contributed by atoms with van der Waals surface area (Å²) in [5.74, 6) is 0.760. The first-order chi connectivity index (χ1) is 25.0. The quantitative estimate of drug-likeness (QED) is 0.174. The zero-order valence-electron chi connectivity index (χ0n) is 30.7. The van der Waals surface area contributed by atoms with E-state index in [9.17, 15) is 0 Å². The SMILES string of the molecule is CC(C)(C)c1ccc(N(c2ccc(C(C)(C)C)cc2)c2ccc3c(-c4nc(-c5cccc6cc(-c7ccccc7)ccc56)ns4)cccc3c2)cc1. The van der Waals surface area contributed by atoms with Crippen molar-refractivity contribution in [2.75, 3.05) is 4.90 Å². The van der Waals surface area contributed by atoms with Gasteiger partial charge in [0.1, 0.15) is 5.01 Å². The molecule has 0 unspecified atom stereocenters. The summed E-state index contributed by atoms with van der Waals surface area (Å²) in [5.41, 5.74) is 10.7. The molecule has 0 bridgehead atoms. The van der Waals surface area contributed by atoms with Gasteiger partial charge in [-0.2, -0.15) is 4.37 Å². The molecule has 0 aliphatic carbocycles. The molecule has 0 N–H and O–H groups in total. The topological polar surface area (TPSA) is 29.0 Å². The van der Waals surface area contributed by atoms with Gasteiger partial charge >= 0.3 is 0 Å². The molecule has 8 rings (SSSR count). The molecule has 0 aliphatic rings. The largest absolute Gasteiger partial charge is 0.310 e. The number of aromatic nitrogens is 2. The number of hydrogen-bond acceptors (Lipinski definition) is 4. The molecular formula is C48H43N3S. The van der Waals surface area contributed by atoms with E-state index in [0.29, 0.717) is 0 Å². The zero-order valence-corrected chi connectivity index (χ0v) is 31.5. The van der Waals surface area contributed by atoms with Crippen molar-refractivity contribution in [2.24, 2.45) is 0 Å². The zero-order chi connectivity index (χ0) is 36.0. The van der Waals surface area contributed by atoms with E-state index in [0.717, 1.165) is 55.2 Å². The van der Waals surface area contributed by atoms with Crippen LogP contribution in [0.3, 0.4) is 0 Å². The molecule has 1 aromatic heterocycles. The van der Waals surface area contributed by atoms with Gasteiger partial charge in [-0.15, -0.1) is 0 Å². The maximum absolute atomic E-state index is 5.14. The highest BCUT2D eigenvalue weighted by Gasteiger charge is 2.20. The number of rotatable bonds is 6. The number of fused-ring (bicyclic) bond motifs is 2. The minimum atomic E-state index is 0.0845. The lowest BCUT2D eigenvalue weighted by atomic mass is 9.86. The molecule has 1 heterocycles. The summed E-state index contributed by atoms with van der Waals surface area (Å²) in [7, 11) is 0. The molecule has 0 saturated carbocycles. The average Bonchev–Trinajstić information content (AvgIpc) is 3.64. The van der Waals surface area contributed by atoms with Crippen molar-refractivity contribution in [2.45, 2.75) is 52.4 Å². The summed E-state index contributed by atoms with van der Waals surface area (Å²) in [6, 6.07) is 54.9. The highest BCUT2D eigenvalue weighted by atomic mass is 32.1. The maximum Gasteiger partial charge on any atom is 0.174 e. The van der Waals surface area contributed by atoms with E-state index < -0.39 is 0 Å². The van der Waals surface area contributed by atoms with Crippen LogP contribution in [0.2, 0.25) is 0 Å². The Bertz CT molecular complexity index is 2460. The van der Waals surface area contributed by atoms with Crippen LogP contribution in [0.4, 0.5) is 17.1 Å². The van der Waals surface area contributed by atoms with Gasteiger partial charge in [0.2, 0.25) is 0 Å². The third kappa shape index (κ3) is 6.51. The number of hydrogen-bond donors (Lipinski definition) is 0. The maximum atomic E-state index is 5.14. The smallest absolute Gasteiger partial charge is 0.174 e. The Morgan fingerprint density at radius 2 is 1.00 bits per heavy atom. The van der Waals surface area contributed by atoms with E-state index in [1.165, 1.54) is 39.2 Å².